The first-order chi connectivity index (χ1) is 15.1. The maximum Gasteiger partial charge on any atom is 0.226 e. The van der Waals surface area contributed by atoms with Crippen molar-refractivity contribution in [3.05, 3.63) is 29.8 Å². The third-order valence-electron chi connectivity index (χ3n) is 7.54. The Hall–Kier alpha value is -1.67. The fraction of sp³-hybridized carbons (Fsp3) is 0.708. The van der Waals surface area contributed by atoms with Gasteiger partial charge in [-0.15, -0.1) is 0 Å². The number of piperidine rings is 1. The lowest BCUT2D eigenvalue weighted by atomic mass is 9.80. The first kappa shape index (κ1) is 21.2. The van der Waals surface area contributed by atoms with E-state index in [9.17, 15) is 9.90 Å². The van der Waals surface area contributed by atoms with Gasteiger partial charge < -0.3 is 24.2 Å². The van der Waals surface area contributed by atoms with Crippen LogP contribution in [0.5, 0.6) is 5.75 Å². The summed E-state index contributed by atoms with van der Waals surface area (Å²) in [5.74, 6) is 1.47. The van der Waals surface area contributed by atoms with Gasteiger partial charge in [0.25, 0.3) is 0 Å². The number of aliphatic hydroxyl groups is 1. The molecule has 3 atom stereocenters. The van der Waals surface area contributed by atoms with Gasteiger partial charge in [0.2, 0.25) is 5.91 Å². The molecular formula is C24H34N2O5. The summed E-state index contributed by atoms with van der Waals surface area (Å²) in [6.07, 6.45) is 5.76. The topological polar surface area (TPSA) is 80.3 Å². The van der Waals surface area contributed by atoms with E-state index in [1.807, 2.05) is 17.0 Å². The number of rotatable bonds is 0. The number of carbonyl (C=O) groups is 1. The number of aliphatic hydroxyl groups excluding tert-OH is 1. The summed E-state index contributed by atoms with van der Waals surface area (Å²) in [5, 5.41) is 13.6. The maximum atomic E-state index is 13.3. The summed E-state index contributed by atoms with van der Waals surface area (Å²) in [4.78, 5) is 15.2. The Labute approximate surface area is 184 Å². The lowest BCUT2D eigenvalue weighted by Gasteiger charge is -2.53. The lowest BCUT2D eigenvalue weighted by molar-refractivity contribution is -0.157. The molecule has 31 heavy (non-hydrogen) atoms. The van der Waals surface area contributed by atoms with Gasteiger partial charge in [-0.1, -0.05) is 18.2 Å². The average Bonchev–Trinajstić information content (AvgIpc) is 2.78. The molecule has 2 N–H and O–H groups in total. The molecule has 2 bridgehead atoms. The van der Waals surface area contributed by atoms with E-state index in [2.05, 4.69) is 17.4 Å². The predicted molar refractivity (Wildman–Crippen MR) is 115 cm³/mol. The van der Waals surface area contributed by atoms with E-state index in [-0.39, 0.29) is 24.7 Å². The highest BCUT2D eigenvalue weighted by atomic mass is 16.5. The number of para-hydroxylation sites is 1. The van der Waals surface area contributed by atoms with Crippen LogP contribution in [0.15, 0.2) is 24.3 Å². The molecule has 7 nitrogen and oxygen atoms in total. The van der Waals surface area contributed by atoms with Crippen molar-refractivity contribution in [3.63, 3.8) is 0 Å². The number of morpholine rings is 1. The van der Waals surface area contributed by atoms with Crippen LogP contribution < -0.4 is 10.1 Å². The standard InChI is InChI=1S/C24H34N2O5/c27-22-15-29-16-24(25-22)11-3-12-26-21(24)14-31-18-8-6-17(7-9-18)19-4-1-2-5-20(19)30-13-10-23(26)28/h1-2,4-5,17-18,21-22,25,27H,3,6-16H2/t17-,18+,21-,22?,24+/m0/s1. The first-order valence-corrected chi connectivity index (χ1v) is 11.8. The van der Waals surface area contributed by atoms with Crippen molar-refractivity contribution in [3.8, 4) is 5.75 Å². The highest BCUT2D eigenvalue weighted by molar-refractivity contribution is 5.77. The number of benzene rings is 1. The van der Waals surface area contributed by atoms with E-state index in [0.717, 1.165) is 44.3 Å². The summed E-state index contributed by atoms with van der Waals surface area (Å²) in [5.41, 5.74) is 0.797. The summed E-state index contributed by atoms with van der Waals surface area (Å²) >= 11 is 0. The van der Waals surface area contributed by atoms with Crippen LogP contribution in [0.25, 0.3) is 0 Å². The van der Waals surface area contributed by atoms with Crippen LogP contribution >= 0.6 is 0 Å². The summed E-state index contributed by atoms with van der Waals surface area (Å²) < 4.78 is 18.3. The third kappa shape index (κ3) is 4.33. The highest BCUT2D eigenvalue weighted by Crippen LogP contribution is 2.39. The van der Waals surface area contributed by atoms with Gasteiger partial charge in [-0.25, -0.2) is 0 Å². The van der Waals surface area contributed by atoms with Gasteiger partial charge >= 0.3 is 0 Å². The second-order valence-electron chi connectivity index (χ2n) is 9.48. The molecule has 1 amide bonds. The first-order valence-electron chi connectivity index (χ1n) is 11.8. The van der Waals surface area contributed by atoms with E-state index in [1.54, 1.807) is 0 Å². The number of hydrogen-bond donors (Lipinski definition) is 2. The van der Waals surface area contributed by atoms with Gasteiger partial charge in [0.1, 0.15) is 12.0 Å². The van der Waals surface area contributed by atoms with E-state index in [4.69, 9.17) is 14.2 Å². The highest BCUT2D eigenvalue weighted by Gasteiger charge is 2.49. The minimum atomic E-state index is -0.716. The smallest absolute Gasteiger partial charge is 0.226 e. The Balaban J connectivity index is 1.41. The van der Waals surface area contributed by atoms with Crippen LogP contribution in [0.3, 0.4) is 0 Å². The predicted octanol–water partition coefficient (Wildman–Crippen LogP) is 2.18. The second kappa shape index (κ2) is 9.06. The number of hydrogen-bond acceptors (Lipinski definition) is 6. The molecule has 1 aromatic carbocycles. The van der Waals surface area contributed by atoms with Crippen molar-refractivity contribution in [2.45, 2.75) is 74.8 Å². The summed E-state index contributed by atoms with van der Waals surface area (Å²) in [7, 11) is 0. The number of amides is 1. The van der Waals surface area contributed by atoms with Gasteiger partial charge in [-0.3, -0.25) is 10.1 Å². The van der Waals surface area contributed by atoms with E-state index in [1.165, 1.54) is 5.56 Å². The van der Waals surface area contributed by atoms with Gasteiger partial charge in [-0.2, -0.15) is 0 Å². The zero-order valence-corrected chi connectivity index (χ0v) is 18.1. The van der Waals surface area contributed by atoms with Crippen LogP contribution in [0.1, 0.15) is 56.4 Å². The maximum absolute atomic E-state index is 13.3. The average molecular weight is 431 g/mol. The van der Waals surface area contributed by atoms with Crippen LogP contribution in [0, 0.1) is 0 Å². The molecule has 1 saturated carbocycles. The molecule has 4 aliphatic heterocycles. The van der Waals surface area contributed by atoms with Crippen molar-refractivity contribution >= 4 is 5.91 Å². The number of nitrogens with zero attached hydrogens (tertiary/aromatic N) is 1. The molecular weight excluding hydrogens is 396 g/mol. The molecule has 6 rings (SSSR count). The number of carbonyl (C=O) groups excluding carboxylic acids is 1. The van der Waals surface area contributed by atoms with E-state index >= 15 is 0 Å². The van der Waals surface area contributed by atoms with Crippen molar-refractivity contribution in [1.29, 1.82) is 0 Å². The number of fused-ring (bicyclic) bond motifs is 6. The second-order valence-corrected chi connectivity index (χ2v) is 9.48. The monoisotopic (exact) mass is 430 g/mol. The van der Waals surface area contributed by atoms with Gasteiger partial charge in [0.05, 0.1) is 50.5 Å². The van der Waals surface area contributed by atoms with Crippen molar-refractivity contribution in [2.75, 3.05) is 33.0 Å². The number of ether oxygens (including phenoxy) is 3. The normalized spacial score (nSPS) is 36.9. The molecule has 1 spiro atoms. The molecule has 4 heterocycles. The lowest BCUT2D eigenvalue weighted by Crippen LogP contribution is -2.72. The number of nitrogens with one attached hydrogen (secondary N) is 1. The van der Waals surface area contributed by atoms with Gasteiger partial charge in [0.15, 0.2) is 0 Å². The van der Waals surface area contributed by atoms with Crippen molar-refractivity contribution < 1.29 is 24.1 Å². The van der Waals surface area contributed by atoms with Crippen LogP contribution in [-0.4, -0.2) is 72.8 Å². The SMILES string of the molecule is O=C1CCOc2ccccc2[C@H]2CC[C@H](CC2)OC[C@@H]2N1CCC[C@@]21COCC(O)N1. The van der Waals surface area contributed by atoms with Gasteiger partial charge in [0, 0.05) is 6.54 Å². The molecule has 0 radical (unpaired) electrons. The molecule has 0 aromatic heterocycles. The van der Waals surface area contributed by atoms with E-state index in [0.29, 0.717) is 38.7 Å². The minimum absolute atomic E-state index is 0.0780. The molecule has 1 aliphatic carbocycles. The fourth-order valence-corrected chi connectivity index (χ4v) is 5.95. The van der Waals surface area contributed by atoms with Crippen molar-refractivity contribution in [2.24, 2.45) is 0 Å². The Bertz CT molecular complexity index is 777. The summed E-state index contributed by atoms with van der Waals surface area (Å²) in [6.45, 7) is 2.31. The zero-order chi connectivity index (χ0) is 21.3. The zero-order valence-electron chi connectivity index (χ0n) is 18.1. The Morgan fingerprint density at radius 1 is 1.13 bits per heavy atom. The third-order valence-corrected chi connectivity index (χ3v) is 7.54. The molecule has 7 heteroatoms. The van der Waals surface area contributed by atoms with Crippen molar-refractivity contribution in [1.82, 2.24) is 10.2 Å². The summed E-state index contributed by atoms with van der Waals surface area (Å²) in [6, 6.07) is 8.11. The molecule has 3 fully saturated rings. The van der Waals surface area contributed by atoms with Crippen LogP contribution in [0.4, 0.5) is 0 Å². The Kier molecular flexibility index (Phi) is 6.19. The van der Waals surface area contributed by atoms with E-state index < -0.39 is 11.8 Å². The molecule has 170 valence electrons. The molecule has 2 saturated heterocycles. The molecule has 1 unspecified atom stereocenters. The minimum Gasteiger partial charge on any atom is -0.493 e. The Morgan fingerprint density at radius 2 is 1.97 bits per heavy atom. The van der Waals surface area contributed by atoms with Gasteiger partial charge in [-0.05, 0) is 56.1 Å². The molecule has 5 aliphatic rings. The van der Waals surface area contributed by atoms with Crippen LogP contribution in [0.2, 0.25) is 0 Å². The fourth-order valence-electron chi connectivity index (χ4n) is 5.95. The molecule has 1 aromatic rings. The quantitative estimate of drug-likeness (QED) is 0.657. The Morgan fingerprint density at radius 3 is 2.81 bits per heavy atom. The largest absolute Gasteiger partial charge is 0.493 e. The van der Waals surface area contributed by atoms with Crippen LogP contribution in [-0.2, 0) is 14.3 Å².